The first-order valence-corrected chi connectivity index (χ1v) is 11.5. The molecule has 0 N–H and O–H groups in total. The molecule has 24 heavy (non-hydrogen) atoms. The van der Waals surface area contributed by atoms with Crippen molar-refractivity contribution >= 4 is 0 Å². The molecule has 4 aliphatic carbocycles. The molecule has 4 unspecified atom stereocenters. The van der Waals surface area contributed by atoms with Crippen LogP contribution in [-0.4, -0.2) is 0 Å². The predicted molar refractivity (Wildman–Crippen MR) is 104 cm³/mol. The summed E-state index contributed by atoms with van der Waals surface area (Å²) in [6.07, 6.45) is 18.4. The summed E-state index contributed by atoms with van der Waals surface area (Å²) in [6.45, 7) is 10.4. The molecule has 0 amide bonds. The van der Waals surface area contributed by atoms with E-state index in [0.717, 1.165) is 40.9 Å². The van der Waals surface area contributed by atoms with Gasteiger partial charge in [0.25, 0.3) is 0 Å². The fourth-order valence-corrected chi connectivity index (χ4v) is 8.93. The van der Waals surface area contributed by atoms with Gasteiger partial charge in [-0.25, -0.2) is 0 Å². The van der Waals surface area contributed by atoms with E-state index in [1.165, 1.54) is 25.7 Å². The lowest BCUT2D eigenvalue weighted by atomic mass is 9.44. The van der Waals surface area contributed by atoms with Crippen LogP contribution in [0.1, 0.15) is 105 Å². The van der Waals surface area contributed by atoms with Gasteiger partial charge in [0.2, 0.25) is 0 Å². The molecular formula is C24H42. The first-order valence-electron chi connectivity index (χ1n) is 11.5. The maximum atomic E-state index is 2.73. The second-order valence-corrected chi connectivity index (χ2v) is 10.9. The first kappa shape index (κ1) is 17.4. The molecule has 0 aromatic rings. The van der Waals surface area contributed by atoms with Crippen LogP contribution in [-0.2, 0) is 0 Å². The van der Waals surface area contributed by atoms with E-state index >= 15 is 0 Å². The highest BCUT2D eigenvalue weighted by molar-refractivity contribution is 5.09. The molecule has 0 aromatic carbocycles. The Morgan fingerprint density at radius 2 is 1.62 bits per heavy atom. The number of hydrogen-bond acceptors (Lipinski definition) is 0. The van der Waals surface area contributed by atoms with Crippen LogP contribution >= 0.6 is 0 Å². The molecule has 0 heteroatoms. The van der Waals surface area contributed by atoms with Crippen LogP contribution in [0.2, 0.25) is 0 Å². The molecule has 0 nitrogen and oxygen atoms in total. The topological polar surface area (TPSA) is 0 Å². The van der Waals surface area contributed by atoms with Crippen LogP contribution in [0.15, 0.2) is 0 Å². The molecule has 138 valence electrons. The van der Waals surface area contributed by atoms with Gasteiger partial charge in [0.1, 0.15) is 0 Å². The van der Waals surface area contributed by atoms with E-state index in [0.29, 0.717) is 5.41 Å². The van der Waals surface area contributed by atoms with Gasteiger partial charge in [-0.2, -0.15) is 0 Å². The lowest BCUT2D eigenvalue weighted by molar-refractivity contribution is -0.114. The Balaban J connectivity index is 1.57. The second kappa shape index (κ2) is 6.31. The number of fused-ring (bicyclic) bond motifs is 5. The lowest BCUT2D eigenvalue weighted by Crippen LogP contribution is -2.53. The molecule has 0 radical (unpaired) electrons. The normalized spacial score (nSPS) is 52.2. The minimum atomic E-state index is 0.688. The van der Waals surface area contributed by atoms with Crippen LogP contribution in [0.5, 0.6) is 0 Å². The third-order valence-corrected chi connectivity index (χ3v) is 10.1. The van der Waals surface area contributed by atoms with Gasteiger partial charge < -0.3 is 0 Å². The minimum absolute atomic E-state index is 0.688. The molecule has 0 aromatic heterocycles. The van der Waals surface area contributed by atoms with Crippen molar-refractivity contribution in [3.05, 3.63) is 0 Å². The highest BCUT2D eigenvalue weighted by atomic mass is 14.6. The maximum absolute atomic E-state index is 2.73. The SMILES string of the molecule is CCCC(C)[C@H]1CCC2C3CC[C@@H]4CCCC[C@]4(C)C3CC[C@@]21C. The van der Waals surface area contributed by atoms with Crippen LogP contribution < -0.4 is 0 Å². The summed E-state index contributed by atoms with van der Waals surface area (Å²) in [5, 5.41) is 0. The molecule has 4 aliphatic rings. The molecule has 0 spiro atoms. The smallest absolute Gasteiger partial charge is 0.0264 e. The van der Waals surface area contributed by atoms with Gasteiger partial charge in [-0.15, -0.1) is 0 Å². The van der Waals surface area contributed by atoms with Crippen molar-refractivity contribution in [1.29, 1.82) is 0 Å². The Morgan fingerprint density at radius 1 is 0.833 bits per heavy atom. The predicted octanol–water partition coefficient (Wildman–Crippen LogP) is 7.47. The van der Waals surface area contributed by atoms with Crippen molar-refractivity contribution in [2.75, 3.05) is 0 Å². The van der Waals surface area contributed by atoms with Crippen molar-refractivity contribution in [1.82, 2.24) is 0 Å². The molecule has 4 saturated carbocycles. The Kier molecular flexibility index (Phi) is 4.58. The highest BCUT2D eigenvalue weighted by Gasteiger charge is 2.59. The standard InChI is InChI=1S/C24H42/c1-5-8-17(2)20-12-13-21-19-11-10-18-9-6-7-15-23(18,3)22(19)14-16-24(20,21)4/h17-22H,5-16H2,1-4H3/t17?,18-,19?,20+,21?,22?,23-,24+/m0/s1. The number of rotatable bonds is 3. The molecule has 8 atom stereocenters. The lowest BCUT2D eigenvalue weighted by Gasteiger charge is -2.61. The van der Waals surface area contributed by atoms with Crippen molar-refractivity contribution in [2.24, 2.45) is 46.3 Å². The van der Waals surface area contributed by atoms with E-state index < -0.39 is 0 Å². The van der Waals surface area contributed by atoms with E-state index in [2.05, 4.69) is 27.7 Å². The van der Waals surface area contributed by atoms with Crippen molar-refractivity contribution in [3.8, 4) is 0 Å². The monoisotopic (exact) mass is 330 g/mol. The van der Waals surface area contributed by atoms with Crippen LogP contribution in [0.4, 0.5) is 0 Å². The van der Waals surface area contributed by atoms with E-state index in [1.54, 1.807) is 51.4 Å². The molecule has 0 heterocycles. The summed E-state index contributed by atoms with van der Waals surface area (Å²) in [7, 11) is 0. The van der Waals surface area contributed by atoms with E-state index in [4.69, 9.17) is 0 Å². The van der Waals surface area contributed by atoms with Crippen LogP contribution in [0, 0.1) is 46.3 Å². The average Bonchev–Trinajstić information content (AvgIpc) is 2.92. The van der Waals surface area contributed by atoms with Gasteiger partial charge in [0.15, 0.2) is 0 Å². The molecular weight excluding hydrogens is 288 g/mol. The van der Waals surface area contributed by atoms with Gasteiger partial charge in [-0.1, -0.05) is 53.4 Å². The molecule has 0 aliphatic heterocycles. The van der Waals surface area contributed by atoms with Crippen molar-refractivity contribution in [3.63, 3.8) is 0 Å². The Morgan fingerprint density at radius 3 is 2.42 bits per heavy atom. The summed E-state index contributed by atoms with van der Waals surface area (Å²) in [5.41, 5.74) is 1.41. The molecule has 0 saturated heterocycles. The summed E-state index contributed by atoms with van der Waals surface area (Å²) >= 11 is 0. The fourth-order valence-electron chi connectivity index (χ4n) is 8.93. The minimum Gasteiger partial charge on any atom is -0.0654 e. The first-order chi connectivity index (χ1) is 11.5. The van der Waals surface area contributed by atoms with Crippen LogP contribution in [0.3, 0.4) is 0 Å². The largest absolute Gasteiger partial charge is 0.0654 e. The Bertz CT molecular complexity index is 453. The molecule has 4 rings (SSSR count). The second-order valence-electron chi connectivity index (χ2n) is 10.9. The number of hydrogen-bond donors (Lipinski definition) is 0. The van der Waals surface area contributed by atoms with E-state index in [-0.39, 0.29) is 0 Å². The quantitative estimate of drug-likeness (QED) is 0.503. The summed E-state index contributed by atoms with van der Waals surface area (Å²) in [6, 6.07) is 0. The maximum Gasteiger partial charge on any atom is -0.0264 e. The summed E-state index contributed by atoms with van der Waals surface area (Å²) in [4.78, 5) is 0. The van der Waals surface area contributed by atoms with Gasteiger partial charge in [-0.05, 0) is 97.7 Å². The molecule has 0 bridgehead atoms. The van der Waals surface area contributed by atoms with E-state index in [1.807, 2.05) is 0 Å². The van der Waals surface area contributed by atoms with Gasteiger partial charge >= 0.3 is 0 Å². The average molecular weight is 331 g/mol. The third-order valence-electron chi connectivity index (χ3n) is 10.1. The molecule has 4 fully saturated rings. The zero-order chi connectivity index (χ0) is 16.9. The third kappa shape index (κ3) is 2.44. The van der Waals surface area contributed by atoms with Crippen molar-refractivity contribution in [2.45, 2.75) is 105 Å². The summed E-state index contributed by atoms with van der Waals surface area (Å²) in [5.74, 6) is 6.30. The summed E-state index contributed by atoms with van der Waals surface area (Å²) < 4.78 is 0. The fraction of sp³-hybridized carbons (Fsp3) is 1.00. The van der Waals surface area contributed by atoms with Crippen LogP contribution in [0.25, 0.3) is 0 Å². The Hall–Kier alpha value is 0. The van der Waals surface area contributed by atoms with E-state index in [9.17, 15) is 0 Å². The highest BCUT2D eigenvalue weighted by Crippen LogP contribution is 2.68. The van der Waals surface area contributed by atoms with Gasteiger partial charge in [0.05, 0.1) is 0 Å². The zero-order valence-corrected chi connectivity index (χ0v) is 16.9. The zero-order valence-electron chi connectivity index (χ0n) is 16.9. The Labute approximate surface area is 151 Å². The van der Waals surface area contributed by atoms with Gasteiger partial charge in [-0.3, -0.25) is 0 Å². The van der Waals surface area contributed by atoms with Gasteiger partial charge in [0, 0.05) is 0 Å². The van der Waals surface area contributed by atoms with Crippen molar-refractivity contribution < 1.29 is 0 Å².